The van der Waals surface area contributed by atoms with Crippen LogP contribution in [0.25, 0.3) is 0 Å². The van der Waals surface area contributed by atoms with E-state index in [1.807, 2.05) is 0 Å². The third kappa shape index (κ3) is 3.10. The van der Waals surface area contributed by atoms with Crippen molar-refractivity contribution < 1.29 is 35.5 Å². The molecule has 0 saturated heterocycles. The largest absolute Gasteiger partial charge is 0.489 e. The molecule has 1 aromatic carbocycles. The van der Waals surface area contributed by atoms with Crippen LogP contribution in [0.3, 0.4) is 0 Å². The van der Waals surface area contributed by atoms with Gasteiger partial charge >= 0.3 is 6.18 Å². The molecule has 0 fully saturated rings. The van der Waals surface area contributed by atoms with E-state index in [0.29, 0.717) is 6.42 Å². The van der Waals surface area contributed by atoms with E-state index in [-0.39, 0.29) is 5.76 Å². The van der Waals surface area contributed by atoms with Crippen molar-refractivity contribution in [1.82, 2.24) is 0 Å². The lowest BCUT2D eigenvalue weighted by Crippen LogP contribution is -2.17. The van der Waals surface area contributed by atoms with E-state index in [1.165, 1.54) is 6.08 Å². The molecule has 0 radical (unpaired) electrons. The second kappa shape index (κ2) is 6.02. The summed E-state index contributed by atoms with van der Waals surface area (Å²) in [4.78, 5) is 0. The van der Waals surface area contributed by atoms with Crippen molar-refractivity contribution in [2.45, 2.75) is 25.6 Å². The highest BCUT2D eigenvalue weighted by atomic mass is 19.4. The summed E-state index contributed by atoms with van der Waals surface area (Å²) in [5.74, 6) is -9.00. The van der Waals surface area contributed by atoms with E-state index in [0.717, 1.165) is 6.42 Å². The number of halogens is 7. The molecule has 0 heterocycles. The third-order valence-corrected chi connectivity index (χ3v) is 2.98. The van der Waals surface area contributed by atoms with Gasteiger partial charge in [0.05, 0.1) is 5.56 Å². The molecule has 0 bridgehead atoms. The Bertz CT molecular complexity index is 615. The fraction of sp³-hybridized carbons (Fsp3) is 0.286. The zero-order valence-electron chi connectivity index (χ0n) is 10.9. The van der Waals surface area contributed by atoms with Gasteiger partial charge in [0.25, 0.3) is 0 Å². The van der Waals surface area contributed by atoms with E-state index in [2.05, 4.69) is 0 Å². The van der Waals surface area contributed by atoms with Crippen LogP contribution in [0.4, 0.5) is 30.7 Å². The van der Waals surface area contributed by atoms with Gasteiger partial charge in [-0.3, -0.25) is 0 Å². The van der Waals surface area contributed by atoms with Crippen LogP contribution in [0, 0.1) is 23.3 Å². The van der Waals surface area contributed by atoms with Crippen LogP contribution in [0.5, 0.6) is 0 Å². The van der Waals surface area contributed by atoms with Gasteiger partial charge in [-0.05, 0) is 25.0 Å². The van der Waals surface area contributed by atoms with E-state index in [4.69, 9.17) is 4.74 Å². The Morgan fingerprint density at radius 1 is 0.909 bits per heavy atom. The predicted molar refractivity (Wildman–Crippen MR) is 62.5 cm³/mol. The number of benzene rings is 1. The Kier molecular flexibility index (Phi) is 4.48. The zero-order valence-corrected chi connectivity index (χ0v) is 10.9. The van der Waals surface area contributed by atoms with E-state index in [1.54, 1.807) is 12.2 Å². The smallest absolute Gasteiger partial charge is 0.422 e. The number of hydrogen-bond acceptors (Lipinski definition) is 1. The van der Waals surface area contributed by atoms with E-state index < -0.39 is 47.2 Å². The first-order chi connectivity index (χ1) is 10.2. The first kappa shape index (κ1) is 16.4. The molecule has 8 heteroatoms. The lowest BCUT2D eigenvalue weighted by atomic mass is 10.1. The van der Waals surface area contributed by atoms with Gasteiger partial charge in [-0.2, -0.15) is 13.2 Å². The predicted octanol–water partition coefficient (Wildman–Crippen LogP) is 5.01. The highest BCUT2D eigenvalue weighted by Gasteiger charge is 2.42. The Labute approximate surface area is 120 Å². The molecule has 120 valence electrons. The molecule has 0 aliphatic heterocycles. The summed E-state index contributed by atoms with van der Waals surface area (Å²) in [7, 11) is 0. The van der Waals surface area contributed by atoms with E-state index in [9.17, 15) is 30.7 Å². The summed E-state index contributed by atoms with van der Waals surface area (Å²) >= 11 is 0. The van der Waals surface area contributed by atoms with Crippen molar-refractivity contribution in [2.75, 3.05) is 0 Å². The minimum atomic E-state index is -5.55. The molecule has 0 spiro atoms. The second-order valence-electron chi connectivity index (χ2n) is 4.48. The van der Waals surface area contributed by atoms with Gasteiger partial charge in [-0.1, -0.05) is 6.08 Å². The molecule has 0 aromatic heterocycles. The van der Waals surface area contributed by atoms with Gasteiger partial charge in [0, 0.05) is 0 Å². The highest BCUT2D eigenvalue weighted by molar-refractivity contribution is 5.31. The minimum absolute atomic E-state index is 0.214. The van der Waals surface area contributed by atoms with Gasteiger partial charge in [0.2, 0.25) is 0 Å². The highest BCUT2D eigenvalue weighted by Crippen LogP contribution is 2.37. The molecule has 0 saturated carbocycles. The van der Waals surface area contributed by atoms with Crippen LogP contribution >= 0.6 is 0 Å². The average Bonchev–Trinajstić information content (AvgIpc) is 2.45. The summed E-state index contributed by atoms with van der Waals surface area (Å²) in [6, 6.07) is 0. The number of alkyl halides is 3. The fourth-order valence-corrected chi connectivity index (χ4v) is 1.90. The van der Waals surface area contributed by atoms with Crippen molar-refractivity contribution in [1.29, 1.82) is 0 Å². The molecule has 1 aliphatic carbocycles. The number of hydrogen-bond donors (Lipinski definition) is 0. The van der Waals surface area contributed by atoms with Crippen LogP contribution < -0.4 is 0 Å². The lowest BCUT2D eigenvalue weighted by Gasteiger charge is -2.15. The lowest BCUT2D eigenvalue weighted by molar-refractivity contribution is -0.143. The Morgan fingerprint density at radius 3 is 1.95 bits per heavy atom. The summed E-state index contributed by atoms with van der Waals surface area (Å²) in [5.41, 5.74) is -3.83. The molecule has 1 aromatic rings. The van der Waals surface area contributed by atoms with Gasteiger partial charge in [0.1, 0.15) is 17.9 Å². The van der Waals surface area contributed by atoms with Gasteiger partial charge < -0.3 is 4.74 Å². The summed E-state index contributed by atoms with van der Waals surface area (Å²) in [6.07, 6.45) is 0.550. The van der Waals surface area contributed by atoms with Crippen LogP contribution in [-0.2, 0) is 17.5 Å². The number of rotatable bonds is 3. The van der Waals surface area contributed by atoms with Gasteiger partial charge in [-0.15, -0.1) is 0 Å². The summed E-state index contributed by atoms with van der Waals surface area (Å²) in [5, 5.41) is 0. The van der Waals surface area contributed by atoms with Crippen molar-refractivity contribution in [2.24, 2.45) is 0 Å². The maximum absolute atomic E-state index is 13.6. The van der Waals surface area contributed by atoms with E-state index >= 15 is 0 Å². The molecule has 0 amide bonds. The molecule has 22 heavy (non-hydrogen) atoms. The van der Waals surface area contributed by atoms with Crippen molar-refractivity contribution in [3.05, 3.63) is 58.4 Å². The monoisotopic (exact) mass is 326 g/mol. The second-order valence-corrected chi connectivity index (χ2v) is 4.48. The molecule has 0 unspecified atom stereocenters. The summed E-state index contributed by atoms with van der Waals surface area (Å²) in [6.45, 7) is -0.931. The quantitative estimate of drug-likeness (QED) is 0.560. The molecule has 2 rings (SSSR count). The van der Waals surface area contributed by atoms with Crippen molar-refractivity contribution in [3.63, 3.8) is 0 Å². The Morgan fingerprint density at radius 2 is 1.50 bits per heavy atom. The Hall–Kier alpha value is -1.99. The Balaban J connectivity index is 2.37. The van der Waals surface area contributed by atoms with Crippen molar-refractivity contribution in [3.8, 4) is 0 Å². The minimum Gasteiger partial charge on any atom is -0.489 e. The number of allylic oxidation sites excluding steroid dienone is 3. The van der Waals surface area contributed by atoms with Crippen LogP contribution in [0.2, 0.25) is 0 Å². The van der Waals surface area contributed by atoms with Crippen LogP contribution in [-0.4, -0.2) is 0 Å². The molecule has 0 atom stereocenters. The normalized spacial score (nSPS) is 15.0. The number of ether oxygens (including phenoxy) is 1. The zero-order chi connectivity index (χ0) is 16.5. The molecule has 0 N–H and O–H groups in total. The van der Waals surface area contributed by atoms with Crippen molar-refractivity contribution >= 4 is 0 Å². The molecular weight excluding hydrogens is 317 g/mol. The standard InChI is InChI=1S/C14H9F7O/c15-10-8(6-22-7-4-2-1-3-5-7)11(16)13(18)9(12(10)17)14(19,20)21/h2,4-5H,1,3,6H2. The molecule has 1 nitrogen and oxygen atoms in total. The first-order valence-corrected chi connectivity index (χ1v) is 6.15. The average molecular weight is 326 g/mol. The maximum atomic E-state index is 13.6. The SMILES string of the molecule is Fc1c(F)c(C(F)(F)F)c(F)c(F)c1COC1=CCCC=C1. The topological polar surface area (TPSA) is 9.23 Å². The van der Waals surface area contributed by atoms with Crippen LogP contribution in [0.1, 0.15) is 24.0 Å². The molecular formula is C14H9F7O. The fourth-order valence-electron chi connectivity index (χ4n) is 1.90. The summed E-state index contributed by atoms with van der Waals surface area (Å²) < 4.78 is 96.1. The van der Waals surface area contributed by atoms with Gasteiger partial charge in [-0.25, -0.2) is 17.6 Å². The maximum Gasteiger partial charge on any atom is 0.422 e. The van der Waals surface area contributed by atoms with Gasteiger partial charge in [0.15, 0.2) is 23.3 Å². The molecule has 1 aliphatic rings. The van der Waals surface area contributed by atoms with Crippen LogP contribution in [0.15, 0.2) is 24.0 Å². The third-order valence-electron chi connectivity index (χ3n) is 2.98. The first-order valence-electron chi connectivity index (χ1n) is 6.15.